The largest absolute Gasteiger partial charge is 0.0694 e. The summed E-state index contributed by atoms with van der Waals surface area (Å²) in [5.74, 6) is 0. The van der Waals surface area contributed by atoms with Crippen LogP contribution >= 0.6 is 0 Å². The zero-order valence-electron chi connectivity index (χ0n) is 8.45. The highest BCUT2D eigenvalue weighted by molar-refractivity contribution is 6.79. The average molecular weight is 171 g/mol. The predicted octanol–water partition coefficient (Wildman–Crippen LogP) is 4.04. The number of rotatable bonds is 6. The molecular formula is C10H23Si. The molecule has 1 heteroatoms. The highest BCUT2D eigenvalue weighted by Crippen LogP contribution is 2.13. The fourth-order valence-corrected chi connectivity index (χ4v) is 2.41. The van der Waals surface area contributed by atoms with E-state index in [1.54, 1.807) is 0 Å². The minimum Gasteiger partial charge on any atom is -0.0694 e. The minimum absolute atomic E-state index is 0.967. The van der Waals surface area contributed by atoms with Crippen LogP contribution in [0.4, 0.5) is 0 Å². The van der Waals surface area contributed by atoms with E-state index in [1.165, 1.54) is 38.1 Å². The molecule has 0 saturated heterocycles. The lowest BCUT2D eigenvalue weighted by atomic mass is 10.2. The third-order valence-corrected chi connectivity index (χ3v) is 3.66. The summed E-state index contributed by atoms with van der Waals surface area (Å²) in [5, 5.41) is 0. The Balaban J connectivity index is 3.02. The van der Waals surface area contributed by atoms with E-state index in [0.29, 0.717) is 0 Å². The van der Waals surface area contributed by atoms with Crippen molar-refractivity contribution in [2.45, 2.75) is 58.2 Å². The van der Waals surface area contributed by atoms with Crippen LogP contribution in [0.1, 0.15) is 39.0 Å². The number of unbranched alkanes of at least 4 members (excludes halogenated alkanes) is 4. The van der Waals surface area contributed by atoms with Gasteiger partial charge in [-0.05, 0) is 0 Å². The molecule has 0 unspecified atom stereocenters. The van der Waals surface area contributed by atoms with E-state index in [9.17, 15) is 0 Å². The van der Waals surface area contributed by atoms with Crippen LogP contribution in [-0.4, -0.2) is 8.07 Å². The molecular weight excluding hydrogens is 148 g/mol. The van der Waals surface area contributed by atoms with Gasteiger partial charge in [-0.2, -0.15) is 0 Å². The SMILES string of the molecule is [CH2][Si](C)(C)CCCCCCC. The highest BCUT2D eigenvalue weighted by atomic mass is 28.3. The van der Waals surface area contributed by atoms with Gasteiger partial charge < -0.3 is 0 Å². The first-order chi connectivity index (χ1) is 5.06. The quantitative estimate of drug-likeness (QED) is 0.418. The van der Waals surface area contributed by atoms with E-state index >= 15 is 0 Å². The zero-order valence-corrected chi connectivity index (χ0v) is 9.45. The first-order valence-corrected chi connectivity index (χ1v) is 8.33. The molecule has 0 bridgehead atoms. The van der Waals surface area contributed by atoms with Crippen molar-refractivity contribution in [3.63, 3.8) is 0 Å². The smallest absolute Gasteiger partial charge is 0.0470 e. The molecule has 0 saturated carbocycles. The molecule has 0 fully saturated rings. The maximum absolute atomic E-state index is 4.23. The fraction of sp³-hybridized carbons (Fsp3) is 0.900. The van der Waals surface area contributed by atoms with Gasteiger partial charge >= 0.3 is 0 Å². The standard InChI is InChI=1S/C10H23Si/c1-5-6-7-8-9-10-11(2,3)4/h2,5-10H2,1,3-4H3. The van der Waals surface area contributed by atoms with Crippen molar-refractivity contribution in [2.75, 3.05) is 0 Å². The maximum atomic E-state index is 4.23. The molecule has 0 aliphatic heterocycles. The van der Waals surface area contributed by atoms with Crippen molar-refractivity contribution in [2.24, 2.45) is 0 Å². The van der Waals surface area contributed by atoms with E-state index in [0.717, 1.165) is 0 Å². The van der Waals surface area contributed by atoms with Gasteiger partial charge in [0, 0.05) is 8.07 Å². The monoisotopic (exact) mass is 171 g/mol. The lowest BCUT2D eigenvalue weighted by Gasteiger charge is -2.14. The van der Waals surface area contributed by atoms with Crippen LogP contribution in [0.15, 0.2) is 0 Å². The summed E-state index contributed by atoms with van der Waals surface area (Å²) in [6.07, 6.45) is 7.05. The van der Waals surface area contributed by atoms with E-state index in [1.807, 2.05) is 0 Å². The van der Waals surface area contributed by atoms with Gasteiger partial charge in [0.2, 0.25) is 0 Å². The van der Waals surface area contributed by atoms with Gasteiger partial charge in [0.15, 0.2) is 0 Å². The van der Waals surface area contributed by atoms with Crippen LogP contribution in [-0.2, 0) is 0 Å². The van der Waals surface area contributed by atoms with Crippen molar-refractivity contribution in [1.29, 1.82) is 0 Å². The molecule has 0 amide bonds. The van der Waals surface area contributed by atoms with Crippen molar-refractivity contribution in [3.05, 3.63) is 6.55 Å². The summed E-state index contributed by atoms with van der Waals surface area (Å²) in [6.45, 7) is 11.2. The van der Waals surface area contributed by atoms with Gasteiger partial charge in [-0.1, -0.05) is 64.7 Å². The lowest BCUT2D eigenvalue weighted by Crippen LogP contribution is -2.19. The van der Waals surface area contributed by atoms with Crippen LogP contribution < -0.4 is 0 Å². The summed E-state index contributed by atoms with van der Waals surface area (Å²) in [5.41, 5.74) is 0. The summed E-state index contributed by atoms with van der Waals surface area (Å²) in [7, 11) is -0.967. The molecule has 0 rings (SSSR count). The van der Waals surface area contributed by atoms with Gasteiger partial charge in [-0.3, -0.25) is 0 Å². The normalized spacial score (nSPS) is 12.0. The topological polar surface area (TPSA) is 0 Å². The van der Waals surface area contributed by atoms with Crippen molar-refractivity contribution in [3.8, 4) is 0 Å². The van der Waals surface area contributed by atoms with Gasteiger partial charge in [-0.15, -0.1) is 0 Å². The molecule has 0 N–H and O–H groups in total. The summed E-state index contributed by atoms with van der Waals surface area (Å²) >= 11 is 0. The van der Waals surface area contributed by atoms with E-state index in [4.69, 9.17) is 0 Å². The fourth-order valence-electron chi connectivity index (χ4n) is 1.21. The second-order valence-corrected chi connectivity index (χ2v) is 9.16. The maximum Gasteiger partial charge on any atom is 0.0470 e. The van der Waals surface area contributed by atoms with Gasteiger partial charge in [0.25, 0.3) is 0 Å². The molecule has 11 heavy (non-hydrogen) atoms. The Morgan fingerprint density at radius 1 is 1.00 bits per heavy atom. The Labute approximate surface area is 73.4 Å². The highest BCUT2D eigenvalue weighted by Gasteiger charge is 2.11. The van der Waals surface area contributed by atoms with Crippen LogP contribution in [0, 0.1) is 6.55 Å². The molecule has 0 aromatic rings. The molecule has 0 heterocycles. The molecule has 0 aliphatic carbocycles. The predicted molar refractivity (Wildman–Crippen MR) is 56.4 cm³/mol. The van der Waals surface area contributed by atoms with Crippen LogP contribution in [0.2, 0.25) is 19.1 Å². The summed E-state index contributed by atoms with van der Waals surface area (Å²) in [6, 6.07) is 1.41. The molecule has 0 aromatic heterocycles. The first-order valence-electron chi connectivity index (χ1n) is 4.91. The molecule has 0 aromatic carbocycles. The Bertz CT molecular complexity index is 81.4. The second-order valence-electron chi connectivity index (χ2n) is 4.33. The van der Waals surface area contributed by atoms with E-state index < -0.39 is 8.07 Å². The van der Waals surface area contributed by atoms with E-state index in [-0.39, 0.29) is 0 Å². The number of hydrogen-bond acceptors (Lipinski definition) is 0. The first kappa shape index (κ1) is 11.2. The zero-order chi connectivity index (χ0) is 8.74. The molecule has 1 radical (unpaired) electrons. The van der Waals surface area contributed by atoms with Gasteiger partial charge in [0.1, 0.15) is 0 Å². The van der Waals surface area contributed by atoms with Crippen LogP contribution in [0.3, 0.4) is 0 Å². The molecule has 0 atom stereocenters. The van der Waals surface area contributed by atoms with Crippen molar-refractivity contribution >= 4 is 8.07 Å². The van der Waals surface area contributed by atoms with Gasteiger partial charge in [-0.25, -0.2) is 0 Å². The average Bonchev–Trinajstić information content (AvgIpc) is 1.85. The molecule has 67 valence electrons. The second kappa shape index (κ2) is 5.82. The number of hydrogen-bond donors (Lipinski definition) is 0. The Kier molecular flexibility index (Phi) is 5.93. The summed E-state index contributed by atoms with van der Waals surface area (Å²) in [4.78, 5) is 0. The van der Waals surface area contributed by atoms with Crippen molar-refractivity contribution < 1.29 is 0 Å². The molecule has 0 aliphatic rings. The summed E-state index contributed by atoms with van der Waals surface area (Å²) < 4.78 is 0. The van der Waals surface area contributed by atoms with Crippen molar-refractivity contribution in [1.82, 2.24) is 0 Å². The Hall–Kier alpha value is 0.217. The van der Waals surface area contributed by atoms with Gasteiger partial charge in [0.05, 0.1) is 0 Å². The third-order valence-electron chi connectivity index (χ3n) is 1.96. The third kappa shape index (κ3) is 10.2. The van der Waals surface area contributed by atoms with Crippen LogP contribution in [0.25, 0.3) is 0 Å². The Morgan fingerprint density at radius 3 is 2.00 bits per heavy atom. The van der Waals surface area contributed by atoms with Crippen LogP contribution in [0.5, 0.6) is 0 Å². The molecule has 0 spiro atoms. The minimum atomic E-state index is -0.967. The lowest BCUT2D eigenvalue weighted by molar-refractivity contribution is 0.653. The Morgan fingerprint density at radius 2 is 1.55 bits per heavy atom. The van der Waals surface area contributed by atoms with E-state index in [2.05, 4.69) is 26.6 Å². The molecule has 0 nitrogen and oxygen atoms in total.